The first-order valence-electron chi connectivity index (χ1n) is 4.33. The second kappa shape index (κ2) is 3.67. The van der Waals surface area contributed by atoms with Gasteiger partial charge in [0.2, 0.25) is 0 Å². The first-order chi connectivity index (χ1) is 7.32. The number of fused-ring (bicyclic) bond motifs is 1. The Bertz CT molecular complexity index is 559. The summed E-state index contributed by atoms with van der Waals surface area (Å²) in [4.78, 5) is 0. The molecule has 1 aromatic carbocycles. The standard InChI is InChI=1S/C10H6BrClF3N/c1-16-7-4-5(12)2-3-6(7)8(11)9(16)10(13,14)15/h2-4H,1H3. The smallest absolute Gasteiger partial charge is 0.339 e. The quantitative estimate of drug-likeness (QED) is 0.669. The van der Waals surface area contributed by atoms with Gasteiger partial charge in [-0.25, -0.2) is 0 Å². The molecular formula is C10H6BrClF3N. The van der Waals surface area contributed by atoms with E-state index in [0.717, 1.165) is 4.57 Å². The summed E-state index contributed by atoms with van der Waals surface area (Å²) in [6, 6.07) is 4.64. The van der Waals surface area contributed by atoms with Crippen molar-refractivity contribution in [3.63, 3.8) is 0 Å². The number of aryl methyl sites for hydroxylation is 1. The van der Waals surface area contributed by atoms with Gasteiger partial charge in [0.25, 0.3) is 0 Å². The molecule has 0 N–H and O–H groups in total. The Labute approximate surface area is 103 Å². The summed E-state index contributed by atoms with van der Waals surface area (Å²) < 4.78 is 39.4. The van der Waals surface area contributed by atoms with Gasteiger partial charge in [0.1, 0.15) is 5.69 Å². The van der Waals surface area contributed by atoms with E-state index >= 15 is 0 Å². The molecule has 1 heterocycles. The number of rotatable bonds is 0. The van der Waals surface area contributed by atoms with Crippen LogP contribution in [0.15, 0.2) is 22.7 Å². The van der Waals surface area contributed by atoms with Crippen LogP contribution in [0.1, 0.15) is 5.69 Å². The highest BCUT2D eigenvalue weighted by Crippen LogP contribution is 2.41. The SMILES string of the molecule is Cn1c(C(F)(F)F)c(Br)c2ccc(Cl)cc21. The largest absolute Gasteiger partial charge is 0.432 e. The molecular weight excluding hydrogens is 306 g/mol. The highest BCUT2D eigenvalue weighted by Gasteiger charge is 2.37. The van der Waals surface area contributed by atoms with E-state index in [2.05, 4.69) is 15.9 Å². The highest BCUT2D eigenvalue weighted by atomic mass is 79.9. The molecule has 0 unspecified atom stereocenters. The van der Waals surface area contributed by atoms with Gasteiger partial charge in [0, 0.05) is 17.5 Å². The van der Waals surface area contributed by atoms with Crippen molar-refractivity contribution in [1.82, 2.24) is 4.57 Å². The van der Waals surface area contributed by atoms with Crippen molar-refractivity contribution in [2.45, 2.75) is 6.18 Å². The lowest BCUT2D eigenvalue weighted by molar-refractivity contribution is -0.143. The second-order valence-corrected chi connectivity index (χ2v) is 4.61. The minimum Gasteiger partial charge on any atom is -0.339 e. The predicted octanol–water partition coefficient (Wildman–Crippen LogP) is 4.61. The summed E-state index contributed by atoms with van der Waals surface area (Å²) in [6.45, 7) is 0. The third kappa shape index (κ3) is 1.72. The summed E-state index contributed by atoms with van der Waals surface area (Å²) in [6.07, 6.45) is -4.39. The molecule has 0 saturated heterocycles. The number of hydrogen-bond donors (Lipinski definition) is 0. The van der Waals surface area contributed by atoms with Crippen molar-refractivity contribution in [2.24, 2.45) is 7.05 Å². The van der Waals surface area contributed by atoms with Crippen LogP contribution in [0.2, 0.25) is 5.02 Å². The zero-order valence-electron chi connectivity index (χ0n) is 8.07. The van der Waals surface area contributed by atoms with Gasteiger partial charge in [-0.3, -0.25) is 0 Å². The van der Waals surface area contributed by atoms with Crippen molar-refractivity contribution in [1.29, 1.82) is 0 Å². The van der Waals surface area contributed by atoms with Crippen LogP contribution in [0.3, 0.4) is 0 Å². The molecule has 0 spiro atoms. The molecule has 0 atom stereocenters. The topological polar surface area (TPSA) is 4.93 Å². The van der Waals surface area contributed by atoms with Crippen LogP contribution in [-0.4, -0.2) is 4.57 Å². The summed E-state index contributed by atoms with van der Waals surface area (Å²) in [5.41, 5.74) is -0.253. The zero-order valence-corrected chi connectivity index (χ0v) is 10.4. The highest BCUT2D eigenvalue weighted by molar-refractivity contribution is 9.10. The normalized spacial score (nSPS) is 12.4. The molecule has 1 aromatic heterocycles. The molecule has 0 bridgehead atoms. The van der Waals surface area contributed by atoms with E-state index in [0.29, 0.717) is 15.9 Å². The van der Waals surface area contributed by atoms with Gasteiger partial charge >= 0.3 is 6.18 Å². The van der Waals surface area contributed by atoms with Gasteiger partial charge in [0.05, 0.1) is 9.99 Å². The van der Waals surface area contributed by atoms with E-state index in [1.807, 2.05) is 0 Å². The van der Waals surface area contributed by atoms with Gasteiger partial charge in [-0.2, -0.15) is 13.2 Å². The van der Waals surface area contributed by atoms with E-state index in [1.54, 1.807) is 12.1 Å². The molecule has 1 nitrogen and oxygen atoms in total. The first-order valence-corrected chi connectivity index (χ1v) is 5.50. The van der Waals surface area contributed by atoms with Crippen LogP contribution in [-0.2, 0) is 13.2 Å². The molecule has 0 aliphatic carbocycles. The predicted molar refractivity (Wildman–Crippen MR) is 60.6 cm³/mol. The Morgan fingerprint density at radius 1 is 1.31 bits per heavy atom. The van der Waals surface area contributed by atoms with Crippen molar-refractivity contribution < 1.29 is 13.2 Å². The van der Waals surface area contributed by atoms with Crippen molar-refractivity contribution in [3.05, 3.63) is 33.4 Å². The summed E-state index contributed by atoms with van der Waals surface area (Å²) in [5.74, 6) is 0. The Hall–Kier alpha value is -0.680. The maximum atomic E-state index is 12.8. The Kier molecular flexibility index (Phi) is 2.70. The minimum atomic E-state index is -4.39. The maximum absolute atomic E-state index is 12.8. The van der Waals surface area contributed by atoms with E-state index in [-0.39, 0.29) is 4.47 Å². The summed E-state index contributed by atoms with van der Waals surface area (Å²) >= 11 is 8.74. The molecule has 0 amide bonds. The van der Waals surface area contributed by atoms with Gasteiger partial charge in [-0.1, -0.05) is 17.7 Å². The number of halogens is 5. The summed E-state index contributed by atoms with van der Waals surface area (Å²) in [5, 5.41) is 0.911. The van der Waals surface area contributed by atoms with Crippen molar-refractivity contribution in [2.75, 3.05) is 0 Å². The lowest BCUT2D eigenvalue weighted by Gasteiger charge is -2.08. The van der Waals surface area contributed by atoms with E-state index in [1.165, 1.54) is 13.1 Å². The van der Waals surface area contributed by atoms with Crippen LogP contribution in [0, 0.1) is 0 Å². The lowest BCUT2D eigenvalue weighted by Crippen LogP contribution is -2.11. The monoisotopic (exact) mass is 311 g/mol. The molecule has 2 aromatic rings. The van der Waals surface area contributed by atoms with Crippen molar-refractivity contribution >= 4 is 38.4 Å². The van der Waals surface area contributed by atoms with E-state index in [4.69, 9.17) is 11.6 Å². The van der Waals surface area contributed by atoms with Gasteiger partial charge < -0.3 is 4.57 Å². The van der Waals surface area contributed by atoms with Gasteiger partial charge in [-0.15, -0.1) is 0 Å². The second-order valence-electron chi connectivity index (χ2n) is 3.38. The summed E-state index contributed by atoms with van der Waals surface area (Å²) in [7, 11) is 1.37. The molecule has 86 valence electrons. The Morgan fingerprint density at radius 2 is 1.94 bits per heavy atom. The molecule has 0 saturated carbocycles. The van der Waals surface area contributed by atoms with Crippen LogP contribution in [0.4, 0.5) is 13.2 Å². The average molecular weight is 313 g/mol. The maximum Gasteiger partial charge on any atom is 0.432 e. The number of alkyl halides is 3. The molecule has 2 rings (SSSR count). The van der Waals surface area contributed by atoms with E-state index in [9.17, 15) is 13.2 Å². The fourth-order valence-corrected chi connectivity index (χ4v) is 2.67. The van der Waals surface area contributed by atoms with E-state index < -0.39 is 11.9 Å². The van der Waals surface area contributed by atoms with Gasteiger partial charge in [-0.05, 0) is 28.1 Å². The van der Waals surface area contributed by atoms with Crippen LogP contribution in [0.5, 0.6) is 0 Å². The molecule has 0 aliphatic rings. The number of aromatic nitrogens is 1. The first kappa shape index (κ1) is 11.8. The third-order valence-electron chi connectivity index (χ3n) is 2.37. The van der Waals surface area contributed by atoms with Gasteiger partial charge in [0.15, 0.2) is 0 Å². The van der Waals surface area contributed by atoms with Crippen LogP contribution in [0.25, 0.3) is 10.9 Å². The van der Waals surface area contributed by atoms with Crippen LogP contribution < -0.4 is 0 Å². The molecule has 0 radical (unpaired) electrons. The number of hydrogen-bond acceptors (Lipinski definition) is 0. The fraction of sp³-hybridized carbons (Fsp3) is 0.200. The van der Waals surface area contributed by atoms with Crippen molar-refractivity contribution in [3.8, 4) is 0 Å². The average Bonchev–Trinajstić information content (AvgIpc) is 2.38. The fourth-order valence-electron chi connectivity index (χ4n) is 1.68. The third-order valence-corrected chi connectivity index (χ3v) is 3.41. The number of nitrogens with zero attached hydrogens (tertiary/aromatic N) is 1. The number of benzene rings is 1. The molecule has 0 fully saturated rings. The lowest BCUT2D eigenvalue weighted by atomic mass is 10.2. The molecule has 6 heteroatoms. The zero-order chi connectivity index (χ0) is 12.1. The molecule has 0 aliphatic heterocycles. The minimum absolute atomic E-state index is 0.0502. The Morgan fingerprint density at radius 3 is 2.50 bits per heavy atom. The Balaban J connectivity index is 2.87. The van der Waals surface area contributed by atoms with Crippen LogP contribution >= 0.6 is 27.5 Å². The molecule has 16 heavy (non-hydrogen) atoms.